The number of carbonyl (C=O) groups excluding carboxylic acids is 1. The molecule has 2 heterocycles. The molecule has 1 aliphatic heterocycles. The number of hydrogen-bond donors (Lipinski definition) is 1. The van der Waals surface area contributed by atoms with E-state index in [4.69, 9.17) is 0 Å². The quantitative estimate of drug-likeness (QED) is 0.843. The maximum Gasteiger partial charge on any atom is 0.271 e. The molecule has 16 heavy (non-hydrogen) atoms. The highest BCUT2D eigenvalue weighted by molar-refractivity contribution is 7.11. The summed E-state index contributed by atoms with van der Waals surface area (Å²) in [4.78, 5) is 19.4. The van der Waals surface area contributed by atoms with Gasteiger partial charge in [0.2, 0.25) is 0 Å². The van der Waals surface area contributed by atoms with Crippen molar-refractivity contribution in [2.75, 3.05) is 20.1 Å². The van der Waals surface area contributed by atoms with Crippen LogP contribution in [0.5, 0.6) is 0 Å². The molecule has 0 saturated carbocycles. The molecular weight excluding hydrogens is 222 g/mol. The van der Waals surface area contributed by atoms with Gasteiger partial charge < -0.3 is 10.2 Å². The minimum atomic E-state index is -0.0258. The highest BCUT2D eigenvalue weighted by atomic mass is 32.1. The maximum atomic E-state index is 12.0. The Morgan fingerprint density at radius 1 is 1.56 bits per heavy atom. The number of nitrogens with zero attached hydrogens (tertiary/aromatic N) is 2. The fourth-order valence-corrected chi connectivity index (χ4v) is 2.86. The number of aryl methyl sites for hydroxylation is 2. The first-order valence-corrected chi connectivity index (χ1v) is 6.31. The van der Waals surface area contributed by atoms with Gasteiger partial charge >= 0.3 is 0 Å². The number of carbonyl (C=O) groups is 1. The molecule has 0 aliphatic carbocycles. The van der Waals surface area contributed by atoms with E-state index in [0.29, 0.717) is 5.69 Å². The molecule has 1 fully saturated rings. The van der Waals surface area contributed by atoms with E-state index in [-0.39, 0.29) is 11.9 Å². The van der Waals surface area contributed by atoms with Gasteiger partial charge in [-0.25, -0.2) is 4.98 Å². The van der Waals surface area contributed by atoms with Crippen molar-refractivity contribution in [1.29, 1.82) is 0 Å². The van der Waals surface area contributed by atoms with Crippen LogP contribution >= 0.6 is 11.3 Å². The lowest BCUT2D eigenvalue weighted by Crippen LogP contribution is -2.36. The van der Waals surface area contributed by atoms with Crippen molar-refractivity contribution in [1.82, 2.24) is 15.2 Å². The Labute approximate surface area is 99.7 Å². The van der Waals surface area contributed by atoms with E-state index in [9.17, 15) is 4.79 Å². The summed E-state index contributed by atoms with van der Waals surface area (Å²) < 4.78 is 0. The number of likely N-dealkylation sites (tertiary alicyclic amines) is 1. The average Bonchev–Trinajstić information content (AvgIpc) is 2.73. The van der Waals surface area contributed by atoms with Gasteiger partial charge in [-0.1, -0.05) is 0 Å². The Hall–Kier alpha value is -0.940. The van der Waals surface area contributed by atoms with E-state index in [1.54, 1.807) is 11.3 Å². The molecule has 1 aromatic heterocycles. The zero-order chi connectivity index (χ0) is 11.7. The van der Waals surface area contributed by atoms with Gasteiger partial charge in [0.25, 0.3) is 5.91 Å². The fraction of sp³-hybridized carbons (Fsp3) is 0.636. The molecule has 1 aliphatic rings. The van der Waals surface area contributed by atoms with Crippen molar-refractivity contribution in [3.8, 4) is 0 Å². The molecule has 0 spiro atoms. The second-order valence-electron chi connectivity index (χ2n) is 4.36. The number of nitrogens with one attached hydrogen (secondary N) is 1. The third-order valence-corrected chi connectivity index (χ3v) is 3.73. The maximum absolute atomic E-state index is 12.0. The van der Waals surface area contributed by atoms with Crippen molar-refractivity contribution in [3.63, 3.8) is 0 Å². The Bertz CT molecular complexity index is 402. The zero-order valence-corrected chi connectivity index (χ0v) is 10.7. The number of hydrogen-bond acceptors (Lipinski definition) is 4. The predicted molar refractivity (Wildman–Crippen MR) is 65.0 cm³/mol. The lowest BCUT2D eigenvalue weighted by Gasteiger charge is -2.11. The van der Waals surface area contributed by atoms with E-state index < -0.39 is 0 Å². The number of amides is 1. The van der Waals surface area contributed by atoms with Crippen molar-refractivity contribution in [2.24, 2.45) is 0 Å². The third-order valence-electron chi connectivity index (χ3n) is 2.85. The van der Waals surface area contributed by atoms with Gasteiger partial charge in [0.1, 0.15) is 5.69 Å². The molecule has 4 nitrogen and oxygen atoms in total. The van der Waals surface area contributed by atoms with Crippen LogP contribution in [-0.4, -0.2) is 42.0 Å². The summed E-state index contributed by atoms with van der Waals surface area (Å²) >= 11 is 1.57. The van der Waals surface area contributed by atoms with Gasteiger partial charge in [-0.05, 0) is 33.9 Å². The fourth-order valence-electron chi connectivity index (χ4n) is 2.05. The summed E-state index contributed by atoms with van der Waals surface area (Å²) in [7, 11) is 2.07. The summed E-state index contributed by atoms with van der Waals surface area (Å²) in [5.41, 5.74) is 0.594. The van der Waals surface area contributed by atoms with E-state index in [0.717, 1.165) is 29.4 Å². The summed E-state index contributed by atoms with van der Waals surface area (Å²) in [5, 5.41) is 3.99. The molecular formula is C11H17N3OS. The average molecular weight is 239 g/mol. The lowest BCUT2D eigenvalue weighted by atomic mass is 10.2. The molecule has 1 saturated heterocycles. The highest BCUT2D eigenvalue weighted by Gasteiger charge is 2.23. The molecule has 0 radical (unpaired) electrons. The van der Waals surface area contributed by atoms with Crippen molar-refractivity contribution in [3.05, 3.63) is 15.6 Å². The summed E-state index contributed by atoms with van der Waals surface area (Å²) in [5.74, 6) is -0.0258. The summed E-state index contributed by atoms with van der Waals surface area (Å²) in [6, 6.07) is 0.277. The number of thiazole rings is 1. The van der Waals surface area contributed by atoms with Crippen LogP contribution in [0.25, 0.3) is 0 Å². The molecule has 1 aromatic rings. The van der Waals surface area contributed by atoms with Crippen LogP contribution in [0.4, 0.5) is 0 Å². The Balaban J connectivity index is 2.00. The Morgan fingerprint density at radius 2 is 2.31 bits per heavy atom. The largest absolute Gasteiger partial charge is 0.347 e. The van der Waals surface area contributed by atoms with Crippen molar-refractivity contribution >= 4 is 17.2 Å². The smallest absolute Gasteiger partial charge is 0.271 e. The van der Waals surface area contributed by atoms with Crippen LogP contribution in [0.15, 0.2) is 0 Å². The highest BCUT2D eigenvalue weighted by Crippen LogP contribution is 2.17. The monoisotopic (exact) mass is 239 g/mol. The molecule has 5 heteroatoms. The van der Waals surface area contributed by atoms with Crippen LogP contribution in [0.2, 0.25) is 0 Å². The van der Waals surface area contributed by atoms with Gasteiger partial charge in [0.15, 0.2) is 0 Å². The van der Waals surface area contributed by atoms with Gasteiger partial charge in [0, 0.05) is 17.5 Å². The molecule has 0 aromatic carbocycles. The van der Waals surface area contributed by atoms with Crippen LogP contribution in [-0.2, 0) is 0 Å². The summed E-state index contributed by atoms with van der Waals surface area (Å²) in [6.45, 7) is 5.87. The number of likely N-dealkylation sites (N-methyl/N-ethyl adjacent to an activating group) is 1. The van der Waals surface area contributed by atoms with Crippen molar-refractivity contribution < 1.29 is 4.79 Å². The van der Waals surface area contributed by atoms with E-state index in [1.165, 1.54) is 0 Å². The Kier molecular flexibility index (Phi) is 3.25. The SMILES string of the molecule is Cc1nc(C(=O)NC2CCN(C)C2)c(C)s1. The van der Waals surface area contributed by atoms with Crippen LogP contribution in [0.3, 0.4) is 0 Å². The molecule has 1 N–H and O–H groups in total. The standard InChI is InChI=1S/C11H17N3OS/c1-7-10(12-8(2)16-7)11(15)13-9-4-5-14(3)6-9/h9H,4-6H2,1-3H3,(H,13,15). The number of rotatable bonds is 2. The minimum absolute atomic E-state index is 0.0258. The number of aromatic nitrogens is 1. The first-order valence-electron chi connectivity index (χ1n) is 5.49. The van der Waals surface area contributed by atoms with E-state index in [1.807, 2.05) is 13.8 Å². The summed E-state index contributed by atoms with van der Waals surface area (Å²) in [6.07, 6.45) is 1.03. The molecule has 1 amide bonds. The van der Waals surface area contributed by atoms with E-state index >= 15 is 0 Å². The molecule has 2 rings (SSSR count). The molecule has 1 atom stereocenters. The van der Waals surface area contributed by atoms with Gasteiger partial charge in [-0.2, -0.15) is 0 Å². The van der Waals surface area contributed by atoms with E-state index in [2.05, 4.69) is 22.2 Å². The third kappa shape index (κ3) is 2.41. The van der Waals surface area contributed by atoms with Crippen LogP contribution < -0.4 is 5.32 Å². The first kappa shape index (κ1) is 11.5. The predicted octanol–water partition coefficient (Wildman–Crippen LogP) is 1.19. The zero-order valence-electron chi connectivity index (χ0n) is 9.91. The molecule has 88 valence electrons. The topological polar surface area (TPSA) is 45.2 Å². The van der Waals surface area contributed by atoms with Crippen molar-refractivity contribution in [2.45, 2.75) is 26.3 Å². The lowest BCUT2D eigenvalue weighted by molar-refractivity contribution is 0.0933. The van der Waals surface area contributed by atoms with Crippen LogP contribution in [0.1, 0.15) is 26.8 Å². The second kappa shape index (κ2) is 4.51. The normalized spacial score (nSPS) is 21.3. The first-order chi connectivity index (χ1) is 7.56. The minimum Gasteiger partial charge on any atom is -0.347 e. The second-order valence-corrected chi connectivity index (χ2v) is 5.77. The molecule has 0 bridgehead atoms. The van der Waals surface area contributed by atoms with Crippen LogP contribution in [0, 0.1) is 13.8 Å². The van der Waals surface area contributed by atoms with Gasteiger partial charge in [-0.3, -0.25) is 4.79 Å². The molecule has 1 unspecified atom stereocenters. The Morgan fingerprint density at radius 3 is 2.81 bits per heavy atom. The van der Waals surface area contributed by atoms with Gasteiger partial charge in [0.05, 0.1) is 5.01 Å². The van der Waals surface area contributed by atoms with Gasteiger partial charge in [-0.15, -0.1) is 11.3 Å².